The Morgan fingerprint density at radius 1 is 1.59 bits per heavy atom. The summed E-state index contributed by atoms with van der Waals surface area (Å²) in [5.74, 6) is 0.513. The molecule has 0 aromatic heterocycles. The summed E-state index contributed by atoms with van der Waals surface area (Å²) >= 11 is 0. The number of rotatable bonds is 4. The summed E-state index contributed by atoms with van der Waals surface area (Å²) in [6.07, 6.45) is 2.28. The second kappa shape index (κ2) is 4.75. The lowest BCUT2D eigenvalue weighted by molar-refractivity contribution is 0.0933. The van der Waals surface area contributed by atoms with Crippen LogP contribution in [0.2, 0.25) is 0 Å². The van der Waals surface area contributed by atoms with Crippen LogP contribution < -0.4 is 11.1 Å². The number of phenolic OH excluding ortho intramolecular Hbond substituents is 1. The molecular formula is C13H18N2O2. The highest BCUT2D eigenvalue weighted by molar-refractivity contribution is 5.94. The topological polar surface area (TPSA) is 75.4 Å². The van der Waals surface area contributed by atoms with Gasteiger partial charge in [-0.05, 0) is 43.4 Å². The van der Waals surface area contributed by atoms with Crippen molar-refractivity contribution in [1.82, 2.24) is 5.32 Å². The number of aryl methyl sites for hydroxylation is 1. The molecule has 1 aliphatic carbocycles. The van der Waals surface area contributed by atoms with Gasteiger partial charge in [-0.1, -0.05) is 6.07 Å². The fourth-order valence-electron chi connectivity index (χ4n) is 1.87. The highest BCUT2D eigenvalue weighted by atomic mass is 16.3. The molecule has 4 N–H and O–H groups in total. The minimum absolute atomic E-state index is 0.0611. The molecule has 4 nitrogen and oxygen atoms in total. The van der Waals surface area contributed by atoms with Gasteiger partial charge in [-0.3, -0.25) is 4.79 Å². The average molecular weight is 234 g/mol. The number of phenols is 1. The molecule has 0 radical (unpaired) electrons. The van der Waals surface area contributed by atoms with Crippen molar-refractivity contribution < 1.29 is 9.90 Å². The van der Waals surface area contributed by atoms with Crippen molar-refractivity contribution in [3.63, 3.8) is 0 Å². The molecule has 1 amide bonds. The van der Waals surface area contributed by atoms with Crippen LogP contribution in [0.3, 0.4) is 0 Å². The Hall–Kier alpha value is -1.55. The molecule has 0 bridgehead atoms. The van der Waals surface area contributed by atoms with E-state index in [4.69, 9.17) is 5.73 Å². The highest BCUT2D eigenvalue weighted by Crippen LogP contribution is 2.32. The lowest BCUT2D eigenvalue weighted by Gasteiger charge is -2.16. The normalized spacial score (nSPS) is 16.6. The molecule has 92 valence electrons. The maximum atomic E-state index is 11.9. The van der Waals surface area contributed by atoms with Gasteiger partial charge in [0.25, 0.3) is 5.91 Å². The highest BCUT2D eigenvalue weighted by Gasteiger charge is 2.31. The minimum atomic E-state index is -0.164. The number of benzene rings is 1. The van der Waals surface area contributed by atoms with E-state index in [1.54, 1.807) is 19.1 Å². The zero-order valence-electron chi connectivity index (χ0n) is 9.94. The van der Waals surface area contributed by atoms with Crippen LogP contribution >= 0.6 is 0 Å². The van der Waals surface area contributed by atoms with Crippen LogP contribution in [0.25, 0.3) is 0 Å². The third-order valence-electron chi connectivity index (χ3n) is 3.23. The van der Waals surface area contributed by atoms with Crippen LogP contribution in [0.15, 0.2) is 18.2 Å². The number of aromatic hydroxyl groups is 1. The molecular weight excluding hydrogens is 216 g/mol. The first-order valence-corrected chi connectivity index (χ1v) is 5.92. The lowest BCUT2D eigenvalue weighted by atomic mass is 10.1. The van der Waals surface area contributed by atoms with Crippen molar-refractivity contribution in [2.45, 2.75) is 25.8 Å². The second-order valence-electron chi connectivity index (χ2n) is 4.65. The Morgan fingerprint density at radius 2 is 2.29 bits per heavy atom. The summed E-state index contributed by atoms with van der Waals surface area (Å²) in [4.78, 5) is 11.9. The summed E-state index contributed by atoms with van der Waals surface area (Å²) in [5.41, 5.74) is 6.87. The smallest absolute Gasteiger partial charge is 0.251 e. The van der Waals surface area contributed by atoms with Crippen molar-refractivity contribution in [1.29, 1.82) is 0 Å². The molecule has 1 aromatic rings. The molecule has 1 saturated carbocycles. The molecule has 0 saturated heterocycles. The molecule has 4 heteroatoms. The van der Waals surface area contributed by atoms with E-state index in [1.807, 2.05) is 0 Å². The van der Waals surface area contributed by atoms with Crippen LogP contribution in [0.1, 0.15) is 28.8 Å². The minimum Gasteiger partial charge on any atom is -0.508 e. The molecule has 1 aromatic carbocycles. The molecule has 2 rings (SSSR count). The number of hydrogen-bond acceptors (Lipinski definition) is 3. The zero-order valence-corrected chi connectivity index (χ0v) is 9.94. The van der Waals surface area contributed by atoms with Crippen LogP contribution in [0.4, 0.5) is 0 Å². The van der Waals surface area contributed by atoms with E-state index in [-0.39, 0.29) is 17.7 Å². The van der Waals surface area contributed by atoms with Crippen LogP contribution in [0, 0.1) is 12.8 Å². The molecule has 0 heterocycles. The largest absolute Gasteiger partial charge is 0.508 e. The SMILES string of the molecule is Cc1ccc(C(=O)NC(CN)C2CC2)cc1O. The van der Waals surface area contributed by atoms with Gasteiger partial charge >= 0.3 is 0 Å². The van der Waals surface area contributed by atoms with Gasteiger partial charge in [-0.15, -0.1) is 0 Å². The van der Waals surface area contributed by atoms with Crippen molar-refractivity contribution in [2.75, 3.05) is 6.54 Å². The monoisotopic (exact) mass is 234 g/mol. The second-order valence-corrected chi connectivity index (χ2v) is 4.65. The van der Waals surface area contributed by atoms with E-state index >= 15 is 0 Å². The Kier molecular flexibility index (Phi) is 3.33. The number of carbonyl (C=O) groups is 1. The maximum absolute atomic E-state index is 11.9. The summed E-state index contributed by atoms with van der Waals surface area (Å²) in [6, 6.07) is 5.00. The first-order chi connectivity index (χ1) is 8.11. The van der Waals surface area contributed by atoms with Gasteiger partial charge in [0.05, 0.1) is 0 Å². The van der Waals surface area contributed by atoms with Crippen molar-refractivity contribution in [2.24, 2.45) is 11.7 Å². The number of hydrogen-bond donors (Lipinski definition) is 3. The van der Waals surface area contributed by atoms with Gasteiger partial charge in [0, 0.05) is 18.2 Å². The Morgan fingerprint density at radius 3 is 2.82 bits per heavy atom. The van der Waals surface area contributed by atoms with E-state index < -0.39 is 0 Å². The fraction of sp³-hybridized carbons (Fsp3) is 0.462. The predicted molar refractivity (Wildman–Crippen MR) is 65.9 cm³/mol. The third-order valence-corrected chi connectivity index (χ3v) is 3.23. The maximum Gasteiger partial charge on any atom is 0.251 e. The molecule has 1 fully saturated rings. The predicted octanol–water partition coefficient (Wildman–Crippen LogP) is 1.17. The van der Waals surface area contributed by atoms with Crippen molar-refractivity contribution in [3.8, 4) is 5.75 Å². The van der Waals surface area contributed by atoms with Crippen molar-refractivity contribution >= 4 is 5.91 Å². The van der Waals surface area contributed by atoms with Crippen molar-refractivity contribution in [3.05, 3.63) is 29.3 Å². The summed E-state index contributed by atoms with van der Waals surface area (Å²) in [5, 5.41) is 12.5. The van der Waals surface area contributed by atoms with Gasteiger partial charge < -0.3 is 16.2 Å². The molecule has 1 unspecified atom stereocenters. The van der Waals surface area contributed by atoms with Gasteiger partial charge in [0.15, 0.2) is 0 Å². The molecule has 0 aliphatic heterocycles. The van der Waals surface area contributed by atoms with E-state index in [0.29, 0.717) is 18.0 Å². The van der Waals surface area contributed by atoms with Gasteiger partial charge in [0.2, 0.25) is 0 Å². The van der Waals surface area contributed by atoms with E-state index in [0.717, 1.165) is 18.4 Å². The van der Waals surface area contributed by atoms with Gasteiger partial charge in [0.1, 0.15) is 5.75 Å². The number of nitrogens with one attached hydrogen (secondary N) is 1. The number of nitrogens with two attached hydrogens (primary N) is 1. The first kappa shape index (κ1) is 11.9. The molecule has 1 atom stereocenters. The number of carbonyl (C=O) groups excluding carboxylic acids is 1. The third kappa shape index (κ3) is 2.77. The Bertz CT molecular complexity index is 427. The van der Waals surface area contributed by atoms with Crippen LogP contribution in [-0.4, -0.2) is 23.6 Å². The summed E-state index contributed by atoms with van der Waals surface area (Å²) in [7, 11) is 0. The standard InChI is InChI=1S/C13H18N2O2/c1-8-2-3-10(6-12(8)16)13(17)15-11(7-14)9-4-5-9/h2-3,6,9,11,16H,4-5,7,14H2,1H3,(H,15,17). The van der Waals surface area contributed by atoms with E-state index in [2.05, 4.69) is 5.32 Å². The van der Waals surface area contributed by atoms with Gasteiger partial charge in [-0.2, -0.15) is 0 Å². The molecule has 17 heavy (non-hydrogen) atoms. The van der Waals surface area contributed by atoms with Crippen LogP contribution in [-0.2, 0) is 0 Å². The zero-order chi connectivity index (χ0) is 12.4. The lowest BCUT2D eigenvalue weighted by Crippen LogP contribution is -2.41. The molecule has 1 aliphatic rings. The number of amides is 1. The van der Waals surface area contributed by atoms with E-state index in [1.165, 1.54) is 6.07 Å². The van der Waals surface area contributed by atoms with Crippen LogP contribution in [0.5, 0.6) is 5.75 Å². The Labute approximate surface area is 101 Å². The summed E-state index contributed by atoms with van der Waals surface area (Å²) < 4.78 is 0. The first-order valence-electron chi connectivity index (χ1n) is 5.92. The average Bonchev–Trinajstić information content (AvgIpc) is 3.13. The van der Waals surface area contributed by atoms with E-state index in [9.17, 15) is 9.90 Å². The Balaban J connectivity index is 2.05. The molecule has 0 spiro atoms. The van der Waals surface area contributed by atoms with Gasteiger partial charge in [-0.25, -0.2) is 0 Å². The summed E-state index contributed by atoms with van der Waals surface area (Å²) in [6.45, 7) is 2.26. The fourth-order valence-corrected chi connectivity index (χ4v) is 1.87. The quantitative estimate of drug-likeness (QED) is 0.732.